The number of carbonyl (C=O) groups excluding carboxylic acids is 2. The van der Waals surface area contributed by atoms with Gasteiger partial charge in [0.2, 0.25) is 5.91 Å². The van der Waals surface area contributed by atoms with E-state index in [9.17, 15) is 9.59 Å². The molecule has 18 heavy (non-hydrogen) atoms. The van der Waals surface area contributed by atoms with Gasteiger partial charge in [0.05, 0.1) is 12.5 Å². The second kappa shape index (κ2) is 4.48. The molecule has 1 fully saturated rings. The van der Waals surface area contributed by atoms with E-state index in [2.05, 4.69) is 26.6 Å². The number of hydrogen-bond donors (Lipinski definition) is 2. The minimum atomic E-state index is -0.0792. The predicted octanol–water partition coefficient (Wildman–Crippen LogP) is 1.88. The Balaban J connectivity index is 1.95. The number of carbonyl (C=O) groups is 2. The Kier molecular flexibility index (Phi) is 2.95. The van der Waals surface area contributed by atoms with Crippen LogP contribution in [-0.4, -0.2) is 24.3 Å². The number of amides is 1. The van der Waals surface area contributed by atoms with Crippen LogP contribution in [0.15, 0.2) is 16.6 Å². The van der Waals surface area contributed by atoms with Crippen LogP contribution in [0.2, 0.25) is 0 Å². The van der Waals surface area contributed by atoms with Gasteiger partial charge >= 0.3 is 0 Å². The number of rotatable bonds is 2. The lowest BCUT2D eigenvalue weighted by molar-refractivity contribution is -0.115. The number of benzene rings is 1. The Hall–Kier alpha value is -1.20. The van der Waals surface area contributed by atoms with Crippen molar-refractivity contribution < 1.29 is 9.59 Å². The van der Waals surface area contributed by atoms with Crippen LogP contribution in [0.5, 0.6) is 0 Å². The summed E-state index contributed by atoms with van der Waals surface area (Å²) >= 11 is 3.42. The van der Waals surface area contributed by atoms with Gasteiger partial charge in [0.25, 0.3) is 0 Å². The van der Waals surface area contributed by atoms with Crippen molar-refractivity contribution in [2.45, 2.75) is 25.3 Å². The molecule has 0 spiro atoms. The van der Waals surface area contributed by atoms with Gasteiger partial charge in [-0.3, -0.25) is 9.59 Å². The third-order valence-corrected chi connectivity index (χ3v) is 4.12. The highest BCUT2D eigenvalue weighted by Crippen LogP contribution is 2.31. The fraction of sp³-hybridized carbons (Fsp3) is 0.385. The maximum Gasteiger partial charge on any atom is 0.228 e. The highest BCUT2D eigenvalue weighted by Gasteiger charge is 2.27. The summed E-state index contributed by atoms with van der Waals surface area (Å²) in [5, 5.41) is 5.98. The summed E-state index contributed by atoms with van der Waals surface area (Å²) in [4.78, 5) is 23.7. The number of ketones is 1. The van der Waals surface area contributed by atoms with Crippen LogP contribution in [0, 0.1) is 0 Å². The summed E-state index contributed by atoms with van der Waals surface area (Å²) in [6.45, 7) is 0.902. The van der Waals surface area contributed by atoms with Crippen molar-refractivity contribution in [1.82, 2.24) is 5.32 Å². The van der Waals surface area contributed by atoms with Crippen molar-refractivity contribution in [2.24, 2.45) is 0 Å². The van der Waals surface area contributed by atoms with Crippen molar-refractivity contribution >= 4 is 33.3 Å². The van der Waals surface area contributed by atoms with Crippen molar-refractivity contribution in [1.29, 1.82) is 0 Å². The average Bonchev–Trinajstić information content (AvgIpc) is 2.94. The molecule has 0 bridgehead atoms. The molecule has 2 aliphatic rings. The van der Waals surface area contributed by atoms with E-state index in [1.165, 1.54) is 0 Å². The van der Waals surface area contributed by atoms with Crippen LogP contribution in [0.4, 0.5) is 5.69 Å². The van der Waals surface area contributed by atoms with Crippen molar-refractivity contribution in [3.8, 4) is 0 Å². The molecule has 0 saturated carbocycles. The topological polar surface area (TPSA) is 58.2 Å². The smallest absolute Gasteiger partial charge is 0.228 e. The van der Waals surface area contributed by atoms with Gasteiger partial charge in [-0.05, 0) is 53.0 Å². The van der Waals surface area contributed by atoms with Gasteiger partial charge in [-0.1, -0.05) is 0 Å². The summed E-state index contributed by atoms with van der Waals surface area (Å²) < 4.78 is 0.752. The number of Topliss-reactive ketones (excluding diaryl/α,β-unsaturated/α-hetero) is 1. The first kappa shape index (κ1) is 11.9. The van der Waals surface area contributed by atoms with E-state index in [4.69, 9.17) is 0 Å². The van der Waals surface area contributed by atoms with E-state index in [1.54, 1.807) is 0 Å². The molecule has 94 valence electrons. The lowest BCUT2D eigenvalue weighted by Crippen LogP contribution is -2.31. The average molecular weight is 309 g/mol. The molecular weight excluding hydrogens is 296 g/mol. The molecule has 0 radical (unpaired) electrons. The zero-order valence-electron chi connectivity index (χ0n) is 9.75. The first-order valence-corrected chi connectivity index (χ1v) is 6.84. The minimum absolute atomic E-state index is 0.0134. The van der Waals surface area contributed by atoms with Gasteiger partial charge in [-0.25, -0.2) is 0 Å². The fourth-order valence-corrected chi connectivity index (χ4v) is 3.07. The molecule has 5 heteroatoms. The first-order chi connectivity index (χ1) is 8.65. The van der Waals surface area contributed by atoms with E-state index in [-0.39, 0.29) is 17.7 Å². The molecule has 0 aliphatic carbocycles. The van der Waals surface area contributed by atoms with E-state index >= 15 is 0 Å². The second-order valence-corrected chi connectivity index (χ2v) is 5.58. The summed E-state index contributed by atoms with van der Waals surface area (Å²) in [7, 11) is 0. The Labute approximate surface area is 113 Å². The molecule has 1 unspecified atom stereocenters. The monoisotopic (exact) mass is 308 g/mol. The Morgan fingerprint density at radius 2 is 2.22 bits per heavy atom. The van der Waals surface area contributed by atoms with E-state index < -0.39 is 0 Å². The summed E-state index contributed by atoms with van der Waals surface area (Å²) in [5.74, 6) is 0.0991. The van der Waals surface area contributed by atoms with Crippen LogP contribution in [0.1, 0.15) is 28.8 Å². The van der Waals surface area contributed by atoms with Crippen LogP contribution < -0.4 is 10.6 Å². The molecule has 3 rings (SSSR count). The fourth-order valence-electron chi connectivity index (χ4n) is 2.53. The van der Waals surface area contributed by atoms with Gasteiger partial charge in [0.1, 0.15) is 0 Å². The molecule has 0 aromatic heterocycles. The Morgan fingerprint density at radius 3 is 2.94 bits per heavy atom. The molecule has 2 aliphatic heterocycles. The summed E-state index contributed by atoms with van der Waals surface area (Å²) in [6, 6.07) is 3.58. The molecule has 1 aromatic rings. The minimum Gasteiger partial charge on any atom is -0.325 e. The number of anilines is 1. The molecule has 1 atom stereocenters. The predicted molar refractivity (Wildman–Crippen MR) is 71.8 cm³/mol. The normalized spacial score (nSPS) is 21.8. The first-order valence-electron chi connectivity index (χ1n) is 6.05. The Bertz CT molecular complexity index is 536. The van der Waals surface area contributed by atoms with Crippen LogP contribution in [0.25, 0.3) is 0 Å². The second-order valence-electron chi connectivity index (χ2n) is 4.73. The molecule has 4 nitrogen and oxygen atoms in total. The van der Waals surface area contributed by atoms with Crippen LogP contribution >= 0.6 is 15.9 Å². The molecule has 1 aromatic carbocycles. The number of halogens is 1. The molecule has 1 saturated heterocycles. The molecule has 1 amide bonds. The van der Waals surface area contributed by atoms with Crippen LogP contribution in [-0.2, 0) is 11.2 Å². The SMILES string of the molecule is O=C1Cc2cc(C(=O)C3CCCN3)c(Br)cc2N1. The van der Waals surface area contributed by atoms with Gasteiger partial charge in [0, 0.05) is 15.7 Å². The maximum atomic E-state index is 12.4. The highest BCUT2D eigenvalue weighted by atomic mass is 79.9. The number of fused-ring (bicyclic) bond motifs is 1. The maximum absolute atomic E-state index is 12.4. The van der Waals surface area contributed by atoms with Gasteiger partial charge in [0.15, 0.2) is 5.78 Å². The number of nitrogens with one attached hydrogen (secondary N) is 2. The van der Waals surface area contributed by atoms with Crippen molar-refractivity contribution in [3.63, 3.8) is 0 Å². The largest absolute Gasteiger partial charge is 0.325 e. The standard InChI is InChI=1S/C13H13BrN2O2/c14-9-6-11-7(5-12(17)16-11)4-8(9)13(18)10-2-1-3-15-10/h4,6,10,15H,1-3,5H2,(H,16,17). The van der Waals surface area contributed by atoms with E-state index in [0.29, 0.717) is 12.0 Å². The zero-order valence-corrected chi connectivity index (χ0v) is 11.3. The lowest BCUT2D eigenvalue weighted by atomic mass is 10.00. The van der Waals surface area contributed by atoms with Gasteiger partial charge < -0.3 is 10.6 Å². The Morgan fingerprint density at radius 1 is 1.39 bits per heavy atom. The van der Waals surface area contributed by atoms with Crippen molar-refractivity contribution in [2.75, 3.05) is 11.9 Å². The third-order valence-electron chi connectivity index (χ3n) is 3.46. The van der Waals surface area contributed by atoms with Gasteiger partial charge in [-0.2, -0.15) is 0 Å². The summed E-state index contributed by atoms with van der Waals surface area (Å²) in [6.07, 6.45) is 2.29. The summed E-state index contributed by atoms with van der Waals surface area (Å²) in [5.41, 5.74) is 2.39. The highest BCUT2D eigenvalue weighted by molar-refractivity contribution is 9.10. The zero-order chi connectivity index (χ0) is 12.7. The molecule has 2 N–H and O–H groups in total. The number of hydrogen-bond acceptors (Lipinski definition) is 3. The molecule has 2 heterocycles. The van der Waals surface area contributed by atoms with Crippen LogP contribution in [0.3, 0.4) is 0 Å². The molecular formula is C13H13BrN2O2. The van der Waals surface area contributed by atoms with Crippen molar-refractivity contribution in [3.05, 3.63) is 27.7 Å². The van der Waals surface area contributed by atoms with E-state index in [0.717, 1.165) is 35.1 Å². The quantitative estimate of drug-likeness (QED) is 0.820. The third kappa shape index (κ3) is 1.97. The van der Waals surface area contributed by atoms with Gasteiger partial charge in [-0.15, -0.1) is 0 Å². The van der Waals surface area contributed by atoms with E-state index in [1.807, 2.05) is 12.1 Å². The lowest BCUT2D eigenvalue weighted by Gasteiger charge is -2.12.